The number of benzene rings is 1. The Morgan fingerprint density at radius 2 is 2.17 bits per heavy atom. The van der Waals surface area contributed by atoms with E-state index in [-0.39, 0.29) is 5.91 Å². The molecule has 2 aromatic heterocycles. The van der Waals surface area contributed by atoms with Gasteiger partial charge in [0.05, 0.1) is 35.3 Å². The number of furan rings is 1. The minimum Gasteiger partial charge on any atom is -0.493 e. The molecule has 0 spiro atoms. The maximum absolute atomic E-state index is 12.6. The van der Waals surface area contributed by atoms with Gasteiger partial charge in [-0.1, -0.05) is 0 Å². The number of aryl methyl sites for hydroxylation is 2. The monoisotopic (exact) mass is 313 g/mol. The average molecular weight is 313 g/mol. The van der Waals surface area contributed by atoms with Crippen LogP contribution in [0.25, 0.3) is 11.0 Å². The first-order chi connectivity index (χ1) is 11.0. The van der Waals surface area contributed by atoms with Crippen molar-refractivity contribution in [1.29, 1.82) is 0 Å². The zero-order valence-corrected chi connectivity index (χ0v) is 13.6. The van der Waals surface area contributed by atoms with Crippen molar-refractivity contribution in [2.45, 2.75) is 20.8 Å². The first kappa shape index (κ1) is 15.1. The van der Waals surface area contributed by atoms with Crippen molar-refractivity contribution in [3.8, 4) is 5.75 Å². The topological polar surface area (TPSA) is 69.3 Å². The fourth-order valence-corrected chi connectivity index (χ4v) is 2.58. The Morgan fingerprint density at radius 3 is 2.83 bits per heavy atom. The number of ether oxygens (including phenoxy) is 1. The summed E-state index contributed by atoms with van der Waals surface area (Å²) < 4.78 is 12.8. The van der Waals surface area contributed by atoms with E-state index >= 15 is 0 Å². The Balaban J connectivity index is 1.97. The second-order valence-corrected chi connectivity index (χ2v) is 5.36. The van der Waals surface area contributed by atoms with Crippen molar-refractivity contribution in [1.82, 2.24) is 9.78 Å². The van der Waals surface area contributed by atoms with E-state index in [1.165, 1.54) is 0 Å². The molecule has 1 aromatic carbocycles. The van der Waals surface area contributed by atoms with Crippen LogP contribution in [0.2, 0.25) is 0 Å². The Bertz CT molecular complexity index is 877. The molecule has 0 aliphatic carbocycles. The van der Waals surface area contributed by atoms with Gasteiger partial charge in [-0.25, -0.2) is 0 Å². The summed E-state index contributed by atoms with van der Waals surface area (Å²) >= 11 is 0. The second-order valence-electron chi connectivity index (χ2n) is 5.36. The largest absolute Gasteiger partial charge is 0.493 e. The maximum Gasteiger partial charge on any atom is 0.256 e. The smallest absolute Gasteiger partial charge is 0.256 e. The van der Waals surface area contributed by atoms with Gasteiger partial charge in [-0.3, -0.25) is 9.48 Å². The van der Waals surface area contributed by atoms with E-state index in [4.69, 9.17) is 9.15 Å². The average Bonchev–Trinajstić information content (AvgIpc) is 3.08. The molecule has 0 aliphatic heterocycles. The lowest BCUT2D eigenvalue weighted by Crippen LogP contribution is -2.13. The maximum atomic E-state index is 12.6. The van der Waals surface area contributed by atoms with E-state index in [1.807, 2.05) is 33.9 Å². The number of carbonyl (C=O) groups is 1. The Kier molecular flexibility index (Phi) is 3.82. The van der Waals surface area contributed by atoms with Gasteiger partial charge >= 0.3 is 0 Å². The van der Waals surface area contributed by atoms with Crippen LogP contribution < -0.4 is 10.1 Å². The van der Waals surface area contributed by atoms with Crippen LogP contribution in [0.15, 0.2) is 28.9 Å². The third-order valence-corrected chi connectivity index (χ3v) is 3.84. The molecule has 1 amide bonds. The Hall–Kier alpha value is -2.76. The molecule has 0 radical (unpaired) electrons. The van der Waals surface area contributed by atoms with Crippen LogP contribution in [0.5, 0.6) is 5.75 Å². The number of hydrogen-bond acceptors (Lipinski definition) is 4. The standard InChI is InChI=1S/C17H19N3O3/c1-5-22-14-8-12(9-15-13(14)6-7-23-15)17(21)18-16-10(2)19-20(4)11(16)3/h6-9H,5H2,1-4H3,(H,18,21). The van der Waals surface area contributed by atoms with Crippen molar-refractivity contribution in [3.05, 3.63) is 41.4 Å². The number of hydrogen-bond donors (Lipinski definition) is 1. The second kappa shape index (κ2) is 5.79. The summed E-state index contributed by atoms with van der Waals surface area (Å²) in [6, 6.07) is 5.28. The summed E-state index contributed by atoms with van der Waals surface area (Å²) in [5.74, 6) is 0.423. The van der Waals surface area contributed by atoms with Crippen LogP contribution >= 0.6 is 0 Å². The molecule has 3 rings (SSSR count). The van der Waals surface area contributed by atoms with E-state index in [0.717, 1.165) is 22.5 Å². The molecule has 120 valence electrons. The molecule has 6 nitrogen and oxygen atoms in total. The molecular weight excluding hydrogens is 294 g/mol. The number of carbonyl (C=O) groups excluding carboxylic acids is 1. The fourth-order valence-electron chi connectivity index (χ4n) is 2.58. The zero-order chi connectivity index (χ0) is 16.6. The number of anilines is 1. The lowest BCUT2D eigenvalue weighted by atomic mass is 10.1. The number of nitrogens with one attached hydrogen (secondary N) is 1. The van der Waals surface area contributed by atoms with E-state index in [2.05, 4.69) is 10.4 Å². The first-order valence-corrected chi connectivity index (χ1v) is 7.46. The van der Waals surface area contributed by atoms with Crippen molar-refractivity contribution in [2.75, 3.05) is 11.9 Å². The zero-order valence-electron chi connectivity index (χ0n) is 13.6. The summed E-state index contributed by atoms with van der Waals surface area (Å²) in [6.07, 6.45) is 1.59. The van der Waals surface area contributed by atoms with Crippen LogP contribution in [0.4, 0.5) is 5.69 Å². The number of fused-ring (bicyclic) bond motifs is 1. The number of rotatable bonds is 4. The first-order valence-electron chi connectivity index (χ1n) is 7.46. The number of amides is 1. The van der Waals surface area contributed by atoms with Gasteiger partial charge in [-0.05, 0) is 39.0 Å². The summed E-state index contributed by atoms with van der Waals surface area (Å²) in [7, 11) is 1.85. The van der Waals surface area contributed by atoms with Gasteiger partial charge < -0.3 is 14.5 Å². The summed E-state index contributed by atoms with van der Waals surface area (Å²) in [5.41, 5.74) is 3.52. The highest BCUT2D eigenvalue weighted by atomic mass is 16.5. The quantitative estimate of drug-likeness (QED) is 0.801. The van der Waals surface area contributed by atoms with Crippen LogP contribution in [-0.4, -0.2) is 22.3 Å². The van der Waals surface area contributed by atoms with Crippen LogP contribution in [0.3, 0.4) is 0 Å². The molecule has 23 heavy (non-hydrogen) atoms. The molecule has 0 unspecified atom stereocenters. The molecule has 0 fully saturated rings. The molecule has 6 heteroatoms. The minimum atomic E-state index is -0.219. The predicted octanol–water partition coefficient (Wildman–Crippen LogP) is 3.43. The van der Waals surface area contributed by atoms with Crippen molar-refractivity contribution < 1.29 is 13.9 Å². The fraction of sp³-hybridized carbons (Fsp3) is 0.294. The normalized spacial score (nSPS) is 11.0. The number of aromatic nitrogens is 2. The lowest BCUT2D eigenvalue weighted by Gasteiger charge is -2.09. The van der Waals surface area contributed by atoms with Gasteiger partial charge in [0.1, 0.15) is 11.3 Å². The van der Waals surface area contributed by atoms with Gasteiger partial charge in [0.2, 0.25) is 0 Å². The Labute approximate surface area is 134 Å². The highest BCUT2D eigenvalue weighted by Crippen LogP contribution is 2.29. The summed E-state index contributed by atoms with van der Waals surface area (Å²) in [5, 5.41) is 8.09. The van der Waals surface area contributed by atoms with Gasteiger partial charge in [0, 0.05) is 12.6 Å². The molecule has 0 saturated carbocycles. The molecule has 1 N–H and O–H groups in total. The van der Waals surface area contributed by atoms with Crippen LogP contribution in [0, 0.1) is 13.8 Å². The van der Waals surface area contributed by atoms with Gasteiger partial charge in [-0.15, -0.1) is 0 Å². The van der Waals surface area contributed by atoms with E-state index in [0.29, 0.717) is 23.5 Å². The molecule has 3 aromatic rings. The van der Waals surface area contributed by atoms with Gasteiger partial charge in [0.25, 0.3) is 5.91 Å². The molecule has 2 heterocycles. The van der Waals surface area contributed by atoms with Crippen molar-refractivity contribution >= 4 is 22.6 Å². The predicted molar refractivity (Wildman–Crippen MR) is 88.0 cm³/mol. The van der Waals surface area contributed by atoms with E-state index in [1.54, 1.807) is 23.1 Å². The highest BCUT2D eigenvalue weighted by molar-refractivity contribution is 6.07. The number of nitrogens with zero attached hydrogens (tertiary/aromatic N) is 2. The van der Waals surface area contributed by atoms with Gasteiger partial charge in [-0.2, -0.15) is 5.10 Å². The van der Waals surface area contributed by atoms with E-state index < -0.39 is 0 Å². The SMILES string of the molecule is CCOc1cc(C(=O)Nc2c(C)nn(C)c2C)cc2occc12. The minimum absolute atomic E-state index is 0.219. The summed E-state index contributed by atoms with van der Waals surface area (Å²) in [4.78, 5) is 12.6. The third-order valence-electron chi connectivity index (χ3n) is 3.84. The molecule has 0 aliphatic rings. The molecule has 0 bridgehead atoms. The molecule has 0 atom stereocenters. The summed E-state index contributed by atoms with van der Waals surface area (Å²) in [6.45, 7) is 6.20. The molecular formula is C17H19N3O3. The molecule has 0 saturated heterocycles. The van der Waals surface area contributed by atoms with Crippen molar-refractivity contribution in [2.24, 2.45) is 7.05 Å². The Morgan fingerprint density at radius 1 is 1.39 bits per heavy atom. The van der Waals surface area contributed by atoms with Gasteiger partial charge in [0.15, 0.2) is 0 Å². The van der Waals surface area contributed by atoms with E-state index in [9.17, 15) is 4.79 Å². The van der Waals surface area contributed by atoms with Crippen molar-refractivity contribution in [3.63, 3.8) is 0 Å². The lowest BCUT2D eigenvalue weighted by molar-refractivity contribution is 0.102. The highest BCUT2D eigenvalue weighted by Gasteiger charge is 2.16. The van der Waals surface area contributed by atoms with Crippen LogP contribution in [0.1, 0.15) is 28.7 Å². The van der Waals surface area contributed by atoms with Crippen LogP contribution in [-0.2, 0) is 7.05 Å². The third kappa shape index (κ3) is 2.67.